The van der Waals surface area contributed by atoms with Crippen LogP contribution in [0.1, 0.15) is 27.7 Å². The van der Waals surface area contributed by atoms with Crippen LogP contribution in [0, 0.1) is 5.41 Å². The van der Waals surface area contributed by atoms with E-state index in [4.69, 9.17) is 4.74 Å². The van der Waals surface area contributed by atoms with E-state index in [-0.39, 0.29) is 11.2 Å². The minimum absolute atomic E-state index is 0.0935. The summed E-state index contributed by atoms with van der Waals surface area (Å²) >= 11 is 0. The number of ketones is 1. The third-order valence-corrected chi connectivity index (χ3v) is 2.37. The van der Waals surface area contributed by atoms with Gasteiger partial charge in [-0.1, -0.05) is 26.8 Å². The molecule has 3 heteroatoms. The van der Waals surface area contributed by atoms with Crippen molar-refractivity contribution >= 4 is 11.5 Å². The summed E-state index contributed by atoms with van der Waals surface area (Å²) in [4.78, 5) is 11.7. The fraction of sp³-hybridized carbons (Fsp3) is 0.400. The Hall–Kier alpha value is -1.77. The normalized spacial score (nSPS) is 11.6. The SMILES string of the molecule is CCOc1cccc(N/C=C/C(=O)C(C)(C)C)c1. The maximum Gasteiger partial charge on any atom is 0.162 e. The molecular weight excluding hydrogens is 226 g/mol. The van der Waals surface area contributed by atoms with Crippen LogP contribution in [0.15, 0.2) is 36.5 Å². The maximum absolute atomic E-state index is 11.7. The molecule has 1 rings (SSSR count). The molecule has 0 aliphatic heterocycles. The molecule has 0 spiro atoms. The van der Waals surface area contributed by atoms with Gasteiger partial charge < -0.3 is 10.1 Å². The van der Waals surface area contributed by atoms with Crippen molar-refractivity contribution in [3.05, 3.63) is 36.5 Å². The van der Waals surface area contributed by atoms with Gasteiger partial charge in [-0.25, -0.2) is 0 Å². The van der Waals surface area contributed by atoms with Crippen molar-refractivity contribution in [2.24, 2.45) is 5.41 Å². The molecule has 0 saturated heterocycles. The number of allylic oxidation sites excluding steroid dienone is 1. The lowest BCUT2D eigenvalue weighted by atomic mass is 9.91. The van der Waals surface area contributed by atoms with E-state index in [0.29, 0.717) is 6.61 Å². The molecule has 0 unspecified atom stereocenters. The number of ether oxygens (including phenoxy) is 1. The van der Waals surface area contributed by atoms with E-state index in [1.54, 1.807) is 12.3 Å². The van der Waals surface area contributed by atoms with E-state index >= 15 is 0 Å². The van der Waals surface area contributed by atoms with Gasteiger partial charge in [0.25, 0.3) is 0 Å². The summed E-state index contributed by atoms with van der Waals surface area (Å²) in [5, 5.41) is 3.07. The molecule has 0 bridgehead atoms. The third-order valence-electron chi connectivity index (χ3n) is 2.37. The molecule has 98 valence electrons. The van der Waals surface area contributed by atoms with Crippen LogP contribution in [0.4, 0.5) is 5.69 Å². The topological polar surface area (TPSA) is 38.3 Å². The van der Waals surface area contributed by atoms with Gasteiger partial charge in [-0.15, -0.1) is 0 Å². The summed E-state index contributed by atoms with van der Waals surface area (Å²) in [5.74, 6) is 0.911. The van der Waals surface area contributed by atoms with Crippen molar-refractivity contribution in [2.45, 2.75) is 27.7 Å². The molecule has 0 heterocycles. The lowest BCUT2D eigenvalue weighted by Crippen LogP contribution is -2.17. The van der Waals surface area contributed by atoms with Crippen LogP contribution in [0.25, 0.3) is 0 Å². The molecule has 3 nitrogen and oxygen atoms in total. The number of hydrogen-bond acceptors (Lipinski definition) is 3. The van der Waals surface area contributed by atoms with Gasteiger partial charge in [0.05, 0.1) is 6.61 Å². The van der Waals surface area contributed by atoms with Crippen LogP contribution < -0.4 is 10.1 Å². The first-order valence-corrected chi connectivity index (χ1v) is 6.14. The predicted octanol–water partition coefficient (Wildman–Crippen LogP) is 3.63. The highest BCUT2D eigenvalue weighted by Crippen LogP contribution is 2.18. The summed E-state index contributed by atoms with van der Waals surface area (Å²) in [7, 11) is 0. The van der Waals surface area contributed by atoms with Crippen molar-refractivity contribution in [3.63, 3.8) is 0 Å². The van der Waals surface area contributed by atoms with E-state index in [9.17, 15) is 4.79 Å². The number of hydrogen-bond donors (Lipinski definition) is 1. The van der Waals surface area contributed by atoms with Crippen LogP contribution in [-0.2, 0) is 4.79 Å². The van der Waals surface area contributed by atoms with Gasteiger partial charge in [-0.2, -0.15) is 0 Å². The van der Waals surface area contributed by atoms with E-state index in [0.717, 1.165) is 11.4 Å². The van der Waals surface area contributed by atoms with Gasteiger partial charge in [0.2, 0.25) is 0 Å². The smallest absolute Gasteiger partial charge is 0.162 e. The minimum atomic E-state index is -0.342. The summed E-state index contributed by atoms with van der Waals surface area (Å²) in [6.45, 7) is 8.28. The number of rotatable bonds is 5. The molecule has 1 N–H and O–H groups in total. The van der Waals surface area contributed by atoms with E-state index < -0.39 is 0 Å². The lowest BCUT2D eigenvalue weighted by Gasteiger charge is -2.13. The van der Waals surface area contributed by atoms with Crippen LogP contribution in [0.3, 0.4) is 0 Å². The van der Waals surface area contributed by atoms with Gasteiger partial charge in [0.15, 0.2) is 5.78 Å². The summed E-state index contributed by atoms with van der Waals surface area (Å²) < 4.78 is 5.40. The van der Waals surface area contributed by atoms with Crippen molar-refractivity contribution in [3.8, 4) is 5.75 Å². The zero-order valence-electron chi connectivity index (χ0n) is 11.5. The zero-order chi connectivity index (χ0) is 13.6. The predicted molar refractivity (Wildman–Crippen MR) is 74.8 cm³/mol. The summed E-state index contributed by atoms with van der Waals surface area (Å²) in [5.41, 5.74) is 0.560. The van der Waals surface area contributed by atoms with Crippen molar-refractivity contribution in [2.75, 3.05) is 11.9 Å². The van der Waals surface area contributed by atoms with Gasteiger partial charge >= 0.3 is 0 Å². The van der Waals surface area contributed by atoms with Crippen LogP contribution in [0.5, 0.6) is 5.75 Å². The Bertz CT molecular complexity index is 430. The second kappa shape index (κ2) is 6.24. The van der Waals surface area contributed by atoms with E-state index in [1.807, 2.05) is 52.0 Å². The molecular formula is C15H21NO2. The summed E-state index contributed by atoms with van der Waals surface area (Å²) in [6, 6.07) is 7.63. The number of carbonyl (C=O) groups is 1. The average molecular weight is 247 g/mol. The third kappa shape index (κ3) is 4.62. The number of benzene rings is 1. The molecule has 0 fully saturated rings. The monoisotopic (exact) mass is 247 g/mol. The maximum atomic E-state index is 11.7. The molecule has 0 saturated carbocycles. The molecule has 1 aromatic carbocycles. The molecule has 0 amide bonds. The summed E-state index contributed by atoms with van der Waals surface area (Å²) in [6.07, 6.45) is 3.23. The average Bonchev–Trinajstić information content (AvgIpc) is 2.28. The molecule has 0 radical (unpaired) electrons. The van der Waals surface area contributed by atoms with E-state index in [1.165, 1.54) is 0 Å². The van der Waals surface area contributed by atoms with Crippen LogP contribution in [-0.4, -0.2) is 12.4 Å². The quantitative estimate of drug-likeness (QED) is 0.807. The largest absolute Gasteiger partial charge is 0.494 e. The Labute approximate surface area is 109 Å². The molecule has 0 aliphatic rings. The second-order valence-electron chi connectivity index (χ2n) is 5.05. The molecule has 0 atom stereocenters. The molecule has 0 aliphatic carbocycles. The van der Waals surface area contributed by atoms with Gasteiger partial charge in [0.1, 0.15) is 5.75 Å². The number of carbonyl (C=O) groups excluding carboxylic acids is 1. The van der Waals surface area contributed by atoms with Gasteiger partial charge in [0, 0.05) is 23.4 Å². The fourth-order valence-corrected chi connectivity index (χ4v) is 1.31. The van der Waals surface area contributed by atoms with Crippen LogP contribution in [0.2, 0.25) is 0 Å². The first-order chi connectivity index (χ1) is 8.43. The Balaban J connectivity index is 2.61. The number of nitrogens with one attached hydrogen (secondary N) is 1. The minimum Gasteiger partial charge on any atom is -0.494 e. The van der Waals surface area contributed by atoms with Crippen LogP contribution >= 0.6 is 0 Å². The second-order valence-corrected chi connectivity index (χ2v) is 5.05. The highest BCUT2D eigenvalue weighted by atomic mass is 16.5. The van der Waals surface area contributed by atoms with Crippen molar-refractivity contribution in [1.29, 1.82) is 0 Å². The Kier molecular flexibility index (Phi) is 4.95. The zero-order valence-corrected chi connectivity index (χ0v) is 11.5. The molecule has 1 aromatic rings. The highest BCUT2D eigenvalue weighted by Gasteiger charge is 2.17. The van der Waals surface area contributed by atoms with E-state index in [2.05, 4.69) is 5.32 Å². The standard InChI is InChI=1S/C15H21NO2/c1-5-18-13-8-6-7-12(11-13)16-10-9-14(17)15(2,3)4/h6-11,16H,5H2,1-4H3/b10-9+. The lowest BCUT2D eigenvalue weighted by molar-refractivity contribution is -0.121. The first-order valence-electron chi connectivity index (χ1n) is 6.14. The molecule has 18 heavy (non-hydrogen) atoms. The molecule has 0 aromatic heterocycles. The van der Waals surface area contributed by atoms with Gasteiger partial charge in [-0.3, -0.25) is 4.79 Å². The fourth-order valence-electron chi connectivity index (χ4n) is 1.31. The Morgan fingerprint density at radius 2 is 2.11 bits per heavy atom. The van der Waals surface area contributed by atoms with Crippen molar-refractivity contribution in [1.82, 2.24) is 0 Å². The Morgan fingerprint density at radius 1 is 1.39 bits per heavy atom. The van der Waals surface area contributed by atoms with Gasteiger partial charge in [-0.05, 0) is 25.1 Å². The highest BCUT2D eigenvalue weighted by molar-refractivity contribution is 5.94. The van der Waals surface area contributed by atoms with Crippen molar-refractivity contribution < 1.29 is 9.53 Å². The first kappa shape index (κ1) is 14.3. The Morgan fingerprint density at radius 3 is 2.72 bits per heavy atom. The number of anilines is 1.